The number of carbonyl (C=O) groups is 1. The second kappa shape index (κ2) is 7.32. The quantitative estimate of drug-likeness (QED) is 0.817. The van der Waals surface area contributed by atoms with E-state index in [0.29, 0.717) is 42.6 Å². The zero-order valence-electron chi connectivity index (χ0n) is 14.9. The molecule has 1 aliphatic heterocycles. The Morgan fingerprint density at radius 3 is 2.77 bits per heavy atom. The number of hydrogen-bond acceptors (Lipinski definition) is 5. The zero-order chi connectivity index (χ0) is 17.9. The Hall–Kier alpha value is -2.63. The number of hydrogen-bond donors (Lipinski definition) is 0. The lowest BCUT2D eigenvalue weighted by Crippen LogP contribution is -2.38. The van der Waals surface area contributed by atoms with Gasteiger partial charge in [-0.3, -0.25) is 4.79 Å². The first-order valence-electron chi connectivity index (χ1n) is 9.07. The van der Waals surface area contributed by atoms with Crippen LogP contribution in [0.4, 0.5) is 0 Å². The SMILES string of the molecule is COc1cc(C(=O)N(Cc2ccco2)C2CCCC2)cc2c1OCCO2. The van der Waals surface area contributed by atoms with Crippen LogP contribution in [0.1, 0.15) is 41.8 Å². The molecule has 2 aliphatic rings. The van der Waals surface area contributed by atoms with Gasteiger partial charge >= 0.3 is 0 Å². The third kappa shape index (κ3) is 3.23. The third-order valence-corrected chi connectivity index (χ3v) is 5.01. The molecule has 4 rings (SSSR count). The van der Waals surface area contributed by atoms with Crippen molar-refractivity contribution >= 4 is 5.91 Å². The molecule has 1 aliphatic carbocycles. The lowest BCUT2D eigenvalue weighted by atomic mass is 10.1. The van der Waals surface area contributed by atoms with Gasteiger partial charge in [0.15, 0.2) is 11.5 Å². The molecule has 138 valence electrons. The first kappa shape index (κ1) is 16.8. The van der Waals surface area contributed by atoms with Crippen molar-refractivity contribution in [3.05, 3.63) is 41.9 Å². The fourth-order valence-electron chi connectivity index (χ4n) is 3.72. The summed E-state index contributed by atoms with van der Waals surface area (Å²) in [7, 11) is 1.57. The third-order valence-electron chi connectivity index (χ3n) is 5.01. The number of benzene rings is 1. The van der Waals surface area contributed by atoms with Crippen LogP contribution in [0.15, 0.2) is 34.9 Å². The molecule has 0 saturated heterocycles. The van der Waals surface area contributed by atoms with Crippen LogP contribution in [0.2, 0.25) is 0 Å². The Balaban J connectivity index is 1.66. The van der Waals surface area contributed by atoms with E-state index in [9.17, 15) is 4.79 Å². The molecule has 0 radical (unpaired) electrons. The van der Waals surface area contributed by atoms with Crippen molar-refractivity contribution in [2.24, 2.45) is 0 Å². The van der Waals surface area contributed by atoms with Gasteiger partial charge in [-0.05, 0) is 37.1 Å². The highest BCUT2D eigenvalue weighted by Crippen LogP contribution is 2.41. The molecule has 26 heavy (non-hydrogen) atoms. The molecule has 1 aromatic heterocycles. The minimum Gasteiger partial charge on any atom is -0.493 e. The fourth-order valence-corrected chi connectivity index (χ4v) is 3.72. The van der Waals surface area contributed by atoms with Crippen molar-refractivity contribution in [3.63, 3.8) is 0 Å². The Labute approximate surface area is 152 Å². The van der Waals surface area contributed by atoms with Gasteiger partial charge in [0.1, 0.15) is 19.0 Å². The minimum absolute atomic E-state index is 0.0384. The normalized spacial score (nSPS) is 16.5. The highest BCUT2D eigenvalue weighted by atomic mass is 16.6. The van der Waals surface area contributed by atoms with Crippen LogP contribution in [-0.2, 0) is 6.54 Å². The fraction of sp³-hybridized carbons (Fsp3) is 0.450. The lowest BCUT2D eigenvalue weighted by molar-refractivity contribution is 0.0647. The summed E-state index contributed by atoms with van der Waals surface area (Å²) in [6.07, 6.45) is 5.98. The molecule has 6 heteroatoms. The molecule has 0 N–H and O–H groups in total. The summed E-state index contributed by atoms with van der Waals surface area (Å²) in [4.78, 5) is 15.3. The average Bonchev–Trinajstić information content (AvgIpc) is 3.38. The number of fused-ring (bicyclic) bond motifs is 1. The largest absolute Gasteiger partial charge is 0.493 e. The Bertz CT molecular complexity index is 748. The van der Waals surface area contributed by atoms with Gasteiger partial charge in [-0.1, -0.05) is 12.8 Å². The van der Waals surface area contributed by atoms with Crippen LogP contribution >= 0.6 is 0 Å². The van der Waals surface area contributed by atoms with E-state index in [4.69, 9.17) is 18.6 Å². The topological polar surface area (TPSA) is 61.1 Å². The van der Waals surface area contributed by atoms with E-state index in [0.717, 1.165) is 31.4 Å². The van der Waals surface area contributed by atoms with Crippen molar-refractivity contribution in [3.8, 4) is 17.2 Å². The van der Waals surface area contributed by atoms with Crippen LogP contribution < -0.4 is 14.2 Å². The maximum Gasteiger partial charge on any atom is 0.254 e. The number of ether oxygens (including phenoxy) is 3. The predicted octanol–water partition coefficient (Wildman–Crippen LogP) is 3.64. The Kier molecular flexibility index (Phi) is 4.73. The molecule has 6 nitrogen and oxygen atoms in total. The van der Waals surface area contributed by atoms with Crippen LogP contribution in [0, 0.1) is 0 Å². The summed E-state index contributed by atoms with van der Waals surface area (Å²) in [5.41, 5.74) is 0.546. The van der Waals surface area contributed by atoms with Crippen molar-refractivity contribution < 1.29 is 23.4 Å². The van der Waals surface area contributed by atoms with Gasteiger partial charge in [-0.15, -0.1) is 0 Å². The second-order valence-corrected chi connectivity index (χ2v) is 6.65. The van der Waals surface area contributed by atoms with Gasteiger partial charge in [0, 0.05) is 11.6 Å². The van der Waals surface area contributed by atoms with Gasteiger partial charge in [-0.25, -0.2) is 0 Å². The Morgan fingerprint density at radius 1 is 1.23 bits per heavy atom. The number of amides is 1. The number of furan rings is 1. The first-order valence-corrected chi connectivity index (χ1v) is 9.07. The zero-order valence-corrected chi connectivity index (χ0v) is 14.9. The highest BCUT2D eigenvalue weighted by molar-refractivity contribution is 5.96. The van der Waals surface area contributed by atoms with E-state index in [2.05, 4.69) is 0 Å². The molecule has 1 amide bonds. The molecule has 2 aromatic rings. The van der Waals surface area contributed by atoms with Crippen molar-refractivity contribution in [2.45, 2.75) is 38.3 Å². The van der Waals surface area contributed by atoms with Gasteiger partial charge in [0.05, 0.1) is 19.9 Å². The Morgan fingerprint density at radius 2 is 2.04 bits per heavy atom. The predicted molar refractivity (Wildman–Crippen MR) is 94.8 cm³/mol. The monoisotopic (exact) mass is 357 g/mol. The average molecular weight is 357 g/mol. The summed E-state index contributed by atoms with van der Waals surface area (Å²) in [5.74, 6) is 2.39. The molecular weight excluding hydrogens is 334 g/mol. The summed E-state index contributed by atoms with van der Waals surface area (Å²) >= 11 is 0. The number of rotatable bonds is 5. The van der Waals surface area contributed by atoms with Crippen molar-refractivity contribution in [1.82, 2.24) is 4.90 Å². The maximum absolute atomic E-state index is 13.3. The van der Waals surface area contributed by atoms with Crippen LogP contribution in [0.5, 0.6) is 17.2 Å². The van der Waals surface area contributed by atoms with Gasteiger partial charge < -0.3 is 23.5 Å². The summed E-state index contributed by atoms with van der Waals surface area (Å²) in [5, 5.41) is 0. The van der Waals surface area contributed by atoms with E-state index in [1.165, 1.54) is 0 Å². The van der Waals surface area contributed by atoms with E-state index >= 15 is 0 Å². The molecule has 1 aromatic carbocycles. The van der Waals surface area contributed by atoms with Crippen LogP contribution in [-0.4, -0.2) is 37.2 Å². The number of carbonyl (C=O) groups excluding carboxylic acids is 1. The van der Waals surface area contributed by atoms with E-state index < -0.39 is 0 Å². The van der Waals surface area contributed by atoms with Crippen LogP contribution in [0.25, 0.3) is 0 Å². The summed E-state index contributed by atoms with van der Waals surface area (Å²) < 4.78 is 22.2. The molecule has 2 heterocycles. The van der Waals surface area contributed by atoms with E-state index in [1.807, 2.05) is 17.0 Å². The van der Waals surface area contributed by atoms with Gasteiger partial charge in [-0.2, -0.15) is 0 Å². The molecular formula is C20H23NO5. The molecule has 0 atom stereocenters. The summed E-state index contributed by atoms with van der Waals surface area (Å²) in [6.45, 7) is 1.41. The summed E-state index contributed by atoms with van der Waals surface area (Å²) in [6, 6.07) is 7.47. The number of nitrogens with zero attached hydrogens (tertiary/aromatic N) is 1. The van der Waals surface area contributed by atoms with E-state index in [1.54, 1.807) is 25.5 Å². The molecule has 1 saturated carbocycles. The van der Waals surface area contributed by atoms with Crippen LogP contribution in [0.3, 0.4) is 0 Å². The van der Waals surface area contributed by atoms with Gasteiger partial charge in [0.2, 0.25) is 5.75 Å². The van der Waals surface area contributed by atoms with Crippen molar-refractivity contribution in [1.29, 1.82) is 0 Å². The minimum atomic E-state index is -0.0384. The molecule has 1 fully saturated rings. The molecule has 0 unspecified atom stereocenters. The van der Waals surface area contributed by atoms with E-state index in [-0.39, 0.29) is 11.9 Å². The standard InChI is InChI=1S/C20H23NO5/c1-23-17-11-14(12-18-19(17)26-10-9-25-18)20(22)21(15-5-2-3-6-15)13-16-7-4-8-24-16/h4,7-8,11-12,15H,2-3,5-6,9-10,13H2,1H3. The lowest BCUT2D eigenvalue weighted by Gasteiger charge is -2.29. The smallest absolute Gasteiger partial charge is 0.254 e. The number of methoxy groups -OCH3 is 1. The maximum atomic E-state index is 13.3. The second-order valence-electron chi connectivity index (χ2n) is 6.65. The molecule has 0 bridgehead atoms. The first-order chi connectivity index (χ1) is 12.8. The van der Waals surface area contributed by atoms with Crippen molar-refractivity contribution in [2.75, 3.05) is 20.3 Å². The molecule has 0 spiro atoms. The highest BCUT2D eigenvalue weighted by Gasteiger charge is 2.30. The van der Waals surface area contributed by atoms with Gasteiger partial charge in [0.25, 0.3) is 5.91 Å².